The van der Waals surface area contributed by atoms with Crippen LogP contribution in [0.15, 0.2) is 48.5 Å². The molecule has 2 aliphatic rings. The Bertz CT molecular complexity index is 614. The fraction of sp³-hybridized carbons (Fsp3) is 0.400. The van der Waals surface area contributed by atoms with Gasteiger partial charge in [-0.05, 0) is 44.2 Å². The van der Waals surface area contributed by atoms with Crippen molar-refractivity contribution in [3.63, 3.8) is 0 Å². The molecule has 4 rings (SSSR count). The number of hydrogen-bond acceptors (Lipinski definition) is 2. The van der Waals surface area contributed by atoms with Gasteiger partial charge in [0.15, 0.2) is 0 Å². The summed E-state index contributed by atoms with van der Waals surface area (Å²) in [6.07, 6.45) is 4.10. The highest BCUT2D eigenvalue weighted by Crippen LogP contribution is 2.56. The zero-order chi connectivity index (χ0) is 15.2. The van der Waals surface area contributed by atoms with Crippen molar-refractivity contribution >= 4 is 0 Å². The molecule has 2 aromatic rings. The average Bonchev–Trinajstić information content (AvgIpc) is 2.81. The molecule has 1 saturated carbocycles. The van der Waals surface area contributed by atoms with Crippen molar-refractivity contribution in [2.45, 2.75) is 50.7 Å². The molecule has 114 valence electrons. The molecule has 0 N–H and O–H groups in total. The molecule has 1 aliphatic heterocycles. The first kappa shape index (κ1) is 14.0. The Morgan fingerprint density at radius 3 is 1.50 bits per heavy atom. The normalized spacial score (nSPS) is 30.5. The number of fused-ring (bicyclic) bond motifs is 2. The minimum atomic E-state index is -0.281. The Morgan fingerprint density at radius 2 is 1.09 bits per heavy atom. The van der Waals surface area contributed by atoms with E-state index in [-0.39, 0.29) is 11.2 Å². The molecule has 2 heteroatoms. The summed E-state index contributed by atoms with van der Waals surface area (Å²) in [6.45, 7) is 4.23. The highest BCUT2D eigenvalue weighted by atomic mass is 17.2. The van der Waals surface area contributed by atoms with E-state index in [1.165, 1.54) is 22.3 Å². The second kappa shape index (κ2) is 4.94. The second-order valence-corrected chi connectivity index (χ2v) is 6.92. The van der Waals surface area contributed by atoms with E-state index in [0.29, 0.717) is 0 Å². The number of aryl methyl sites for hydroxylation is 2. The summed E-state index contributed by atoms with van der Waals surface area (Å²) in [6, 6.07) is 17.4. The zero-order valence-corrected chi connectivity index (χ0v) is 13.3. The summed E-state index contributed by atoms with van der Waals surface area (Å²) in [4.78, 5) is 12.0. The highest BCUT2D eigenvalue weighted by Gasteiger charge is 2.56. The predicted molar refractivity (Wildman–Crippen MR) is 86.4 cm³/mol. The van der Waals surface area contributed by atoms with E-state index in [1.54, 1.807) is 0 Å². The van der Waals surface area contributed by atoms with E-state index in [4.69, 9.17) is 9.78 Å². The molecule has 2 nitrogen and oxygen atoms in total. The summed E-state index contributed by atoms with van der Waals surface area (Å²) in [7, 11) is 0. The molecule has 2 bridgehead atoms. The minimum absolute atomic E-state index is 0.281. The maximum Gasteiger partial charge on any atom is 0.132 e. The molecule has 1 heterocycles. The lowest BCUT2D eigenvalue weighted by Crippen LogP contribution is -2.34. The largest absolute Gasteiger partial charge is 0.224 e. The Labute approximate surface area is 132 Å². The summed E-state index contributed by atoms with van der Waals surface area (Å²) >= 11 is 0. The SMILES string of the molecule is Cc1ccc(C23CCCC(c4ccc(C)cc4)(C2)OO3)cc1. The molecular formula is C20H22O2. The molecular weight excluding hydrogens is 272 g/mol. The number of hydrogen-bond donors (Lipinski definition) is 0. The van der Waals surface area contributed by atoms with Gasteiger partial charge in [-0.25, -0.2) is 9.78 Å². The Hall–Kier alpha value is -1.64. The molecule has 0 radical (unpaired) electrons. The second-order valence-electron chi connectivity index (χ2n) is 6.92. The van der Waals surface area contributed by atoms with Crippen LogP contribution < -0.4 is 0 Å². The summed E-state index contributed by atoms with van der Waals surface area (Å²) in [5.41, 5.74) is 4.48. The van der Waals surface area contributed by atoms with Gasteiger partial charge in [0.1, 0.15) is 11.2 Å². The first-order chi connectivity index (χ1) is 10.6. The van der Waals surface area contributed by atoms with Gasteiger partial charge < -0.3 is 0 Å². The van der Waals surface area contributed by atoms with E-state index in [1.807, 2.05) is 0 Å². The van der Waals surface area contributed by atoms with Crippen molar-refractivity contribution in [3.8, 4) is 0 Å². The third kappa shape index (κ3) is 2.10. The van der Waals surface area contributed by atoms with Crippen LogP contribution in [0.25, 0.3) is 0 Å². The first-order valence-corrected chi connectivity index (χ1v) is 8.13. The van der Waals surface area contributed by atoms with Gasteiger partial charge in [0.2, 0.25) is 0 Å². The standard InChI is InChI=1S/C20H22O2/c1-15-4-8-17(9-5-15)19-12-3-13-20(14-19,22-21-19)18-10-6-16(2)7-11-18/h4-11H,3,12-14H2,1-2H3. The maximum absolute atomic E-state index is 5.98. The van der Waals surface area contributed by atoms with E-state index >= 15 is 0 Å². The van der Waals surface area contributed by atoms with E-state index in [9.17, 15) is 0 Å². The fourth-order valence-corrected chi connectivity index (χ4v) is 3.90. The smallest absolute Gasteiger partial charge is 0.132 e. The van der Waals surface area contributed by atoms with Gasteiger partial charge in [0, 0.05) is 6.42 Å². The summed E-state index contributed by atoms with van der Waals surface area (Å²) in [5.74, 6) is 0. The molecule has 2 aromatic carbocycles. The van der Waals surface area contributed by atoms with Crippen LogP contribution in [0.5, 0.6) is 0 Å². The highest BCUT2D eigenvalue weighted by molar-refractivity contribution is 5.33. The predicted octanol–water partition coefficient (Wildman–Crippen LogP) is 4.93. The zero-order valence-electron chi connectivity index (χ0n) is 13.3. The lowest BCUT2D eigenvalue weighted by Gasteiger charge is -2.34. The van der Waals surface area contributed by atoms with Crippen LogP contribution >= 0.6 is 0 Å². The van der Waals surface area contributed by atoms with E-state index in [0.717, 1.165) is 25.7 Å². The van der Waals surface area contributed by atoms with Gasteiger partial charge in [-0.2, -0.15) is 0 Å². The topological polar surface area (TPSA) is 18.5 Å². The van der Waals surface area contributed by atoms with Crippen LogP contribution in [-0.2, 0) is 21.0 Å². The number of rotatable bonds is 2. The Kier molecular flexibility index (Phi) is 3.14. The maximum atomic E-state index is 5.98. The van der Waals surface area contributed by atoms with Gasteiger partial charge >= 0.3 is 0 Å². The Morgan fingerprint density at radius 1 is 0.682 bits per heavy atom. The monoisotopic (exact) mass is 294 g/mol. The van der Waals surface area contributed by atoms with Crippen molar-refractivity contribution in [1.82, 2.24) is 0 Å². The van der Waals surface area contributed by atoms with E-state index in [2.05, 4.69) is 62.4 Å². The van der Waals surface area contributed by atoms with Crippen LogP contribution in [-0.4, -0.2) is 0 Å². The van der Waals surface area contributed by atoms with Crippen LogP contribution in [0.3, 0.4) is 0 Å². The third-order valence-electron chi connectivity index (χ3n) is 5.25. The molecule has 1 saturated heterocycles. The van der Waals surface area contributed by atoms with Crippen molar-refractivity contribution in [2.24, 2.45) is 0 Å². The lowest BCUT2D eigenvalue weighted by molar-refractivity contribution is -0.351. The van der Waals surface area contributed by atoms with E-state index < -0.39 is 0 Å². The quantitative estimate of drug-likeness (QED) is 0.731. The molecule has 2 unspecified atom stereocenters. The minimum Gasteiger partial charge on any atom is -0.224 e. The molecule has 2 fully saturated rings. The third-order valence-corrected chi connectivity index (χ3v) is 5.25. The number of benzene rings is 2. The van der Waals surface area contributed by atoms with Gasteiger partial charge in [0.05, 0.1) is 0 Å². The molecule has 1 aliphatic carbocycles. The first-order valence-electron chi connectivity index (χ1n) is 8.13. The van der Waals surface area contributed by atoms with Crippen molar-refractivity contribution in [3.05, 3.63) is 70.8 Å². The van der Waals surface area contributed by atoms with Gasteiger partial charge in [0.25, 0.3) is 0 Å². The van der Waals surface area contributed by atoms with Crippen LogP contribution in [0.4, 0.5) is 0 Å². The van der Waals surface area contributed by atoms with Crippen LogP contribution in [0.2, 0.25) is 0 Å². The van der Waals surface area contributed by atoms with Crippen molar-refractivity contribution in [2.75, 3.05) is 0 Å². The molecule has 2 atom stereocenters. The molecule has 0 spiro atoms. The molecule has 22 heavy (non-hydrogen) atoms. The Balaban J connectivity index is 1.71. The van der Waals surface area contributed by atoms with Crippen LogP contribution in [0, 0.1) is 13.8 Å². The fourth-order valence-electron chi connectivity index (χ4n) is 3.90. The van der Waals surface area contributed by atoms with Gasteiger partial charge in [-0.15, -0.1) is 0 Å². The van der Waals surface area contributed by atoms with Crippen molar-refractivity contribution < 1.29 is 9.78 Å². The molecule has 0 aromatic heterocycles. The lowest BCUT2D eigenvalue weighted by atomic mass is 9.70. The van der Waals surface area contributed by atoms with Gasteiger partial charge in [-0.3, -0.25) is 0 Å². The average molecular weight is 294 g/mol. The van der Waals surface area contributed by atoms with Gasteiger partial charge in [-0.1, -0.05) is 59.7 Å². The molecule has 0 amide bonds. The summed E-state index contributed by atoms with van der Waals surface area (Å²) in [5, 5.41) is 0. The van der Waals surface area contributed by atoms with Crippen molar-refractivity contribution in [1.29, 1.82) is 0 Å². The summed E-state index contributed by atoms with van der Waals surface area (Å²) < 4.78 is 0. The van der Waals surface area contributed by atoms with Crippen LogP contribution in [0.1, 0.15) is 47.9 Å².